The van der Waals surface area contributed by atoms with Crippen LogP contribution in [0.4, 0.5) is 17.6 Å². The molecule has 8 heteroatoms. The van der Waals surface area contributed by atoms with E-state index in [2.05, 4.69) is 5.32 Å². The maximum absolute atomic E-state index is 13.1. The second-order valence-electron chi connectivity index (χ2n) is 5.03. The average molecular weight is 282 g/mol. The Kier molecular flexibility index (Phi) is 3.44. The first-order valence-electron chi connectivity index (χ1n) is 6.01. The van der Waals surface area contributed by atoms with E-state index in [4.69, 9.17) is 0 Å². The van der Waals surface area contributed by atoms with E-state index in [1.807, 2.05) is 0 Å². The number of nitrogens with zero attached hydrogens (tertiary/aromatic N) is 1. The zero-order chi connectivity index (χ0) is 14.4. The van der Waals surface area contributed by atoms with Crippen molar-refractivity contribution in [2.24, 2.45) is 5.92 Å². The summed E-state index contributed by atoms with van der Waals surface area (Å²) in [7, 11) is 0. The van der Waals surface area contributed by atoms with Gasteiger partial charge in [-0.3, -0.25) is 9.59 Å². The zero-order valence-corrected chi connectivity index (χ0v) is 10.2. The lowest BCUT2D eigenvalue weighted by Gasteiger charge is -2.38. The van der Waals surface area contributed by atoms with Gasteiger partial charge in [-0.1, -0.05) is 0 Å². The van der Waals surface area contributed by atoms with E-state index >= 15 is 0 Å². The highest BCUT2D eigenvalue weighted by Crippen LogP contribution is 2.36. The molecular weight excluding hydrogens is 268 g/mol. The molecule has 0 radical (unpaired) electrons. The van der Waals surface area contributed by atoms with Crippen molar-refractivity contribution in [3.05, 3.63) is 0 Å². The molecule has 1 saturated carbocycles. The van der Waals surface area contributed by atoms with E-state index in [1.165, 1.54) is 6.92 Å². The molecule has 1 aliphatic heterocycles. The van der Waals surface area contributed by atoms with Crippen molar-refractivity contribution in [3.8, 4) is 0 Å². The number of carbonyl (C=O) groups excluding carboxylic acids is 2. The standard InChI is InChI=1S/C11H14F4N2O2/c1-5-8(18)16-7(6-2-3-6)9(19)17(5)4-11(14,15)10(12)13/h5-7,10H,2-4H2,1H3,(H,16,18). The molecule has 0 aromatic carbocycles. The molecule has 4 nitrogen and oxygen atoms in total. The summed E-state index contributed by atoms with van der Waals surface area (Å²) < 4.78 is 50.5. The third-order valence-corrected chi connectivity index (χ3v) is 3.49. The summed E-state index contributed by atoms with van der Waals surface area (Å²) in [5.41, 5.74) is 0. The van der Waals surface area contributed by atoms with Crippen molar-refractivity contribution in [1.82, 2.24) is 10.2 Å². The van der Waals surface area contributed by atoms with E-state index in [1.54, 1.807) is 0 Å². The van der Waals surface area contributed by atoms with Crippen LogP contribution in [0.1, 0.15) is 19.8 Å². The molecule has 0 aromatic rings. The molecular formula is C11H14F4N2O2. The number of amides is 2. The molecule has 0 spiro atoms. The van der Waals surface area contributed by atoms with Crippen LogP contribution in [-0.2, 0) is 9.59 Å². The van der Waals surface area contributed by atoms with Gasteiger partial charge < -0.3 is 10.2 Å². The summed E-state index contributed by atoms with van der Waals surface area (Å²) in [4.78, 5) is 24.2. The van der Waals surface area contributed by atoms with Crippen LogP contribution >= 0.6 is 0 Å². The second kappa shape index (κ2) is 4.64. The number of carbonyl (C=O) groups is 2. The van der Waals surface area contributed by atoms with Crippen molar-refractivity contribution in [3.63, 3.8) is 0 Å². The van der Waals surface area contributed by atoms with Crippen LogP contribution in [-0.4, -0.2) is 47.7 Å². The second-order valence-corrected chi connectivity index (χ2v) is 5.03. The Labute approximate surface area is 107 Å². The monoisotopic (exact) mass is 282 g/mol. The fraction of sp³-hybridized carbons (Fsp3) is 0.818. The Morgan fingerprint density at radius 2 is 1.95 bits per heavy atom. The predicted octanol–water partition coefficient (Wildman–Crippen LogP) is 1.01. The summed E-state index contributed by atoms with van der Waals surface area (Å²) >= 11 is 0. The maximum Gasteiger partial charge on any atom is 0.324 e. The van der Waals surface area contributed by atoms with Crippen LogP contribution < -0.4 is 5.32 Å². The molecule has 0 aromatic heterocycles. The van der Waals surface area contributed by atoms with Gasteiger partial charge in [-0.05, 0) is 25.7 Å². The lowest BCUT2D eigenvalue weighted by Crippen LogP contribution is -2.65. The van der Waals surface area contributed by atoms with Gasteiger partial charge in [-0.15, -0.1) is 0 Å². The lowest BCUT2D eigenvalue weighted by atomic mass is 10.0. The average Bonchev–Trinajstić information content (AvgIpc) is 3.13. The fourth-order valence-electron chi connectivity index (χ4n) is 2.11. The van der Waals surface area contributed by atoms with Gasteiger partial charge in [0.1, 0.15) is 12.1 Å². The van der Waals surface area contributed by atoms with Gasteiger partial charge in [0.05, 0.1) is 6.54 Å². The number of piperazine rings is 1. The Morgan fingerprint density at radius 3 is 2.42 bits per heavy atom. The van der Waals surface area contributed by atoms with Gasteiger partial charge in [0, 0.05) is 0 Å². The largest absolute Gasteiger partial charge is 0.342 e. The third-order valence-electron chi connectivity index (χ3n) is 3.49. The minimum Gasteiger partial charge on any atom is -0.342 e. The number of hydrogen-bond donors (Lipinski definition) is 1. The van der Waals surface area contributed by atoms with Crippen molar-refractivity contribution in [2.75, 3.05) is 6.54 Å². The molecule has 1 aliphatic carbocycles. The summed E-state index contributed by atoms with van der Waals surface area (Å²) in [5.74, 6) is -5.65. The number of rotatable bonds is 4. The highest BCUT2D eigenvalue weighted by atomic mass is 19.3. The molecule has 2 fully saturated rings. The molecule has 108 valence electrons. The first-order chi connectivity index (χ1) is 8.74. The number of halogens is 4. The summed E-state index contributed by atoms with van der Waals surface area (Å²) in [6.07, 6.45) is -2.41. The van der Waals surface area contributed by atoms with Crippen LogP contribution in [0.2, 0.25) is 0 Å². The molecule has 2 rings (SSSR count). The molecule has 2 atom stereocenters. The predicted molar refractivity (Wildman–Crippen MR) is 56.8 cm³/mol. The Morgan fingerprint density at radius 1 is 1.37 bits per heavy atom. The maximum atomic E-state index is 13.1. The molecule has 0 bridgehead atoms. The van der Waals surface area contributed by atoms with Crippen molar-refractivity contribution in [2.45, 2.75) is 44.2 Å². The highest BCUT2D eigenvalue weighted by Gasteiger charge is 2.50. The lowest BCUT2D eigenvalue weighted by molar-refractivity contribution is -0.169. The Balaban J connectivity index is 2.15. The smallest absolute Gasteiger partial charge is 0.324 e. The normalized spacial score (nSPS) is 28.8. The topological polar surface area (TPSA) is 49.4 Å². The molecule has 2 unspecified atom stereocenters. The number of alkyl halides is 4. The van der Waals surface area contributed by atoms with E-state index in [0.717, 1.165) is 12.8 Å². The van der Waals surface area contributed by atoms with E-state index in [0.29, 0.717) is 4.90 Å². The van der Waals surface area contributed by atoms with Gasteiger partial charge in [0.2, 0.25) is 11.8 Å². The summed E-state index contributed by atoms with van der Waals surface area (Å²) in [6.45, 7) is -0.181. The van der Waals surface area contributed by atoms with Crippen LogP contribution in [0.3, 0.4) is 0 Å². The van der Waals surface area contributed by atoms with Crippen molar-refractivity contribution in [1.29, 1.82) is 0 Å². The quantitative estimate of drug-likeness (QED) is 0.782. The van der Waals surface area contributed by atoms with E-state index < -0.39 is 42.8 Å². The molecule has 2 amide bonds. The Hall–Kier alpha value is -1.34. The van der Waals surface area contributed by atoms with Crippen LogP contribution in [0.15, 0.2) is 0 Å². The molecule has 2 aliphatic rings. The van der Waals surface area contributed by atoms with Crippen LogP contribution in [0, 0.1) is 5.92 Å². The van der Waals surface area contributed by atoms with Crippen molar-refractivity contribution < 1.29 is 27.2 Å². The molecule has 19 heavy (non-hydrogen) atoms. The van der Waals surface area contributed by atoms with Gasteiger partial charge in [-0.25, -0.2) is 8.78 Å². The molecule has 1 heterocycles. The summed E-state index contributed by atoms with van der Waals surface area (Å²) in [6, 6.07) is -2.01. The van der Waals surface area contributed by atoms with Gasteiger partial charge >= 0.3 is 12.3 Å². The molecule has 1 saturated heterocycles. The minimum atomic E-state index is -4.31. The fourth-order valence-corrected chi connectivity index (χ4v) is 2.11. The first-order valence-corrected chi connectivity index (χ1v) is 6.01. The van der Waals surface area contributed by atoms with Gasteiger partial charge in [0.25, 0.3) is 0 Å². The Bertz CT molecular complexity index is 398. The number of hydrogen-bond acceptors (Lipinski definition) is 2. The van der Waals surface area contributed by atoms with Crippen LogP contribution in [0.5, 0.6) is 0 Å². The first kappa shape index (κ1) is 14.1. The minimum absolute atomic E-state index is 0.0633. The highest BCUT2D eigenvalue weighted by molar-refractivity contribution is 5.97. The summed E-state index contributed by atoms with van der Waals surface area (Å²) in [5, 5.41) is 2.46. The van der Waals surface area contributed by atoms with Crippen molar-refractivity contribution >= 4 is 11.8 Å². The zero-order valence-electron chi connectivity index (χ0n) is 10.2. The van der Waals surface area contributed by atoms with E-state index in [9.17, 15) is 27.2 Å². The molecule has 1 N–H and O–H groups in total. The number of nitrogens with one attached hydrogen (secondary N) is 1. The third kappa shape index (κ3) is 2.66. The van der Waals surface area contributed by atoms with Gasteiger partial charge in [0.15, 0.2) is 0 Å². The SMILES string of the molecule is CC1C(=O)NC(C2CC2)C(=O)N1CC(F)(F)C(F)F. The van der Waals surface area contributed by atoms with E-state index in [-0.39, 0.29) is 5.92 Å². The van der Waals surface area contributed by atoms with Crippen LogP contribution in [0.25, 0.3) is 0 Å². The van der Waals surface area contributed by atoms with Gasteiger partial charge in [-0.2, -0.15) is 8.78 Å².